The number of amides is 1. The highest BCUT2D eigenvalue weighted by atomic mass is 35.5. The summed E-state index contributed by atoms with van der Waals surface area (Å²) in [6.07, 6.45) is 8.39. The van der Waals surface area contributed by atoms with Crippen molar-refractivity contribution in [3.8, 4) is 5.75 Å². The molecule has 31 heavy (non-hydrogen) atoms. The maximum atomic E-state index is 14.5. The van der Waals surface area contributed by atoms with Gasteiger partial charge in [-0.1, -0.05) is 42.3 Å². The zero-order valence-corrected chi connectivity index (χ0v) is 19.2. The van der Waals surface area contributed by atoms with Crippen molar-refractivity contribution >= 4 is 53.6 Å². The Labute approximate surface area is 190 Å². The molecular formula is C22H24ClF2N3O2S. The minimum absolute atomic E-state index is 0.0411. The highest BCUT2D eigenvalue weighted by Gasteiger charge is 2.37. The lowest BCUT2D eigenvalue weighted by molar-refractivity contribution is 0.0790. The van der Waals surface area contributed by atoms with E-state index in [-0.39, 0.29) is 42.3 Å². The summed E-state index contributed by atoms with van der Waals surface area (Å²) in [7, 11) is 2.35. The van der Waals surface area contributed by atoms with Gasteiger partial charge in [-0.25, -0.2) is 4.39 Å². The molecule has 1 aromatic carbocycles. The smallest absolute Gasteiger partial charge is 0.258 e. The van der Waals surface area contributed by atoms with Gasteiger partial charge in [-0.3, -0.25) is 14.2 Å². The summed E-state index contributed by atoms with van der Waals surface area (Å²) in [5, 5.41) is 11.1. The Morgan fingerprint density at radius 3 is 2.71 bits per heavy atom. The first-order chi connectivity index (χ1) is 14.8. The highest BCUT2D eigenvalue weighted by Crippen LogP contribution is 2.48. The van der Waals surface area contributed by atoms with Crippen LogP contribution in [0.2, 0.25) is 0 Å². The third-order valence-corrected chi connectivity index (χ3v) is 5.92. The van der Waals surface area contributed by atoms with Gasteiger partial charge in [-0.05, 0) is 18.9 Å². The number of fused-ring (bicyclic) bond motifs is 1. The molecule has 0 fully saturated rings. The molecule has 0 radical (unpaired) electrons. The molecule has 0 unspecified atom stereocenters. The normalized spacial score (nSPS) is 15.1. The third-order valence-electron chi connectivity index (χ3n) is 4.96. The van der Waals surface area contributed by atoms with E-state index in [0.717, 1.165) is 5.69 Å². The van der Waals surface area contributed by atoms with Gasteiger partial charge in [0.2, 0.25) is 0 Å². The summed E-state index contributed by atoms with van der Waals surface area (Å²) in [5.74, 6) is -0.969. The molecule has 0 saturated heterocycles. The molecule has 0 atom stereocenters. The highest BCUT2D eigenvalue weighted by molar-refractivity contribution is 7.99. The van der Waals surface area contributed by atoms with Crippen LogP contribution in [0.3, 0.4) is 0 Å². The summed E-state index contributed by atoms with van der Waals surface area (Å²) in [6, 6.07) is 0. The summed E-state index contributed by atoms with van der Waals surface area (Å²) in [5.41, 5.74) is 2.67. The van der Waals surface area contributed by atoms with Crippen molar-refractivity contribution in [2.75, 3.05) is 31.3 Å². The number of halogens is 3. The van der Waals surface area contributed by atoms with Crippen LogP contribution < -0.4 is 4.31 Å². The number of rotatable bonds is 6. The Morgan fingerprint density at radius 1 is 1.45 bits per heavy atom. The van der Waals surface area contributed by atoms with Gasteiger partial charge in [0.1, 0.15) is 11.5 Å². The molecular weight excluding hydrogens is 444 g/mol. The topological polar surface area (TPSA) is 56.1 Å². The maximum Gasteiger partial charge on any atom is 0.258 e. The number of carbonyl (C=O) groups is 1. The van der Waals surface area contributed by atoms with E-state index in [1.165, 1.54) is 22.9 Å². The Balaban J connectivity index is 0.00000166. The van der Waals surface area contributed by atoms with Gasteiger partial charge in [0.15, 0.2) is 5.75 Å². The fourth-order valence-corrected chi connectivity index (χ4v) is 4.17. The summed E-state index contributed by atoms with van der Waals surface area (Å²) in [6.45, 7) is 7.61. The van der Waals surface area contributed by atoms with Crippen LogP contribution in [-0.2, 0) is 6.54 Å². The van der Waals surface area contributed by atoms with Crippen molar-refractivity contribution in [3.05, 3.63) is 57.9 Å². The lowest BCUT2D eigenvalue weighted by Crippen LogP contribution is -2.26. The molecule has 1 heterocycles. The lowest BCUT2D eigenvalue weighted by atomic mass is 9.99. The molecule has 1 amide bonds. The molecule has 166 valence electrons. The molecule has 1 aliphatic carbocycles. The van der Waals surface area contributed by atoms with E-state index in [1.807, 2.05) is 17.6 Å². The molecule has 5 nitrogen and oxygen atoms in total. The van der Waals surface area contributed by atoms with Crippen LogP contribution in [0.25, 0.3) is 6.08 Å². The average molecular weight is 468 g/mol. The van der Waals surface area contributed by atoms with Crippen LogP contribution in [0, 0.1) is 0 Å². The van der Waals surface area contributed by atoms with Gasteiger partial charge in [-0.2, -0.15) is 0 Å². The van der Waals surface area contributed by atoms with Gasteiger partial charge in [-0.15, -0.1) is 0 Å². The first-order valence-corrected chi connectivity index (χ1v) is 10.8. The molecule has 0 bridgehead atoms. The van der Waals surface area contributed by atoms with Crippen LogP contribution in [0.4, 0.5) is 20.2 Å². The van der Waals surface area contributed by atoms with E-state index >= 15 is 0 Å². The van der Waals surface area contributed by atoms with Crippen LogP contribution >= 0.6 is 23.5 Å². The number of carbonyl (C=O) groups excluding carboxylic acids is 1. The van der Waals surface area contributed by atoms with E-state index in [2.05, 4.69) is 18.3 Å². The van der Waals surface area contributed by atoms with Crippen molar-refractivity contribution in [2.45, 2.75) is 13.0 Å². The van der Waals surface area contributed by atoms with Gasteiger partial charge >= 0.3 is 0 Å². The van der Waals surface area contributed by atoms with Gasteiger partial charge < -0.3 is 14.3 Å². The standard InChI is InChI=1S/C21H21ClFN3O2S.CH3F/c1-5-14-18(24-2)20(27)17-15(19(14)25(3)29-4)11-26(21(17)28)10-12-9-13(22)7-6-8-16(12)23;1-2/h5-7,9,27H,1-2,8,10-11H2,3-4H3;1H3. The van der Waals surface area contributed by atoms with Crippen molar-refractivity contribution in [1.82, 2.24) is 4.90 Å². The number of hydrogen-bond donors (Lipinski definition) is 1. The number of alkyl halides is 1. The molecule has 1 aliphatic heterocycles. The number of anilines is 1. The molecule has 3 rings (SSSR count). The molecule has 9 heteroatoms. The van der Waals surface area contributed by atoms with Crippen LogP contribution in [-0.4, -0.2) is 49.7 Å². The van der Waals surface area contributed by atoms with E-state index in [0.29, 0.717) is 28.9 Å². The van der Waals surface area contributed by atoms with Crippen LogP contribution in [0.15, 0.2) is 46.2 Å². The summed E-state index contributed by atoms with van der Waals surface area (Å²) >= 11 is 7.52. The van der Waals surface area contributed by atoms with Crippen molar-refractivity contribution in [3.63, 3.8) is 0 Å². The number of benzene rings is 1. The summed E-state index contributed by atoms with van der Waals surface area (Å²) in [4.78, 5) is 18.5. The predicted octanol–water partition coefficient (Wildman–Crippen LogP) is 5.93. The first kappa shape index (κ1) is 24.7. The minimum Gasteiger partial charge on any atom is -0.505 e. The number of aromatic hydroxyl groups is 1. The second-order valence-corrected chi connectivity index (χ2v) is 7.93. The molecule has 0 aromatic heterocycles. The fourth-order valence-electron chi connectivity index (χ4n) is 3.56. The van der Waals surface area contributed by atoms with Gasteiger partial charge in [0, 0.05) is 54.5 Å². The quantitative estimate of drug-likeness (QED) is 0.416. The van der Waals surface area contributed by atoms with Gasteiger partial charge in [0.05, 0.1) is 18.4 Å². The van der Waals surface area contributed by atoms with E-state index in [1.54, 1.807) is 18.2 Å². The van der Waals surface area contributed by atoms with Crippen molar-refractivity contribution < 1.29 is 18.7 Å². The molecule has 0 saturated carbocycles. The number of hydrogen-bond acceptors (Lipinski definition) is 5. The van der Waals surface area contributed by atoms with Crippen LogP contribution in [0.1, 0.15) is 27.9 Å². The number of phenols is 1. The Kier molecular flexibility index (Phi) is 8.47. The fraction of sp³-hybridized carbons (Fsp3) is 0.273. The number of phenolic OH excluding ortho intramolecular Hbond substituents is 1. The SMILES string of the molecule is C=Cc1c(N=C)c(O)c2c(c1N(C)SC)CN(CC1=C(F)CC=CC(Cl)=C1)C2=O.CF. The van der Waals surface area contributed by atoms with E-state index < -0.39 is 5.91 Å². The monoisotopic (exact) mass is 467 g/mol. The van der Waals surface area contributed by atoms with Crippen molar-refractivity contribution in [1.29, 1.82) is 0 Å². The van der Waals surface area contributed by atoms with E-state index in [9.17, 15) is 18.7 Å². The average Bonchev–Trinajstić information content (AvgIpc) is 3.00. The molecule has 1 aromatic rings. The Hall–Kier alpha value is -2.58. The van der Waals surface area contributed by atoms with Crippen molar-refractivity contribution in [2.24, 2.45) is 4.99 Å². The number of aliphatic imine (C=N–C) groups is 1. The zero-order valence-electron chi connectivity index (χ0n) is 17.6. The number of nitrogens with zero attached hydrogens (tertiary/aromatic N) is 3. The van der Waals surface area contributed by atoms with Crippen LogP contribution in [0.5, 0.6) is 5.75 Å². The Morgan fingerprint density at radius 2 is 2.13 bits per heavy atom. The first-order valence-electron chi connectivity index (χ1n) is 9.21. The van der Waals surface area contributed by atoms with E-state index in [4.69, 9.17) is 11.6 Å². The molecule has 2 aliphatic rings. The maximum absolute atomic E-state index is 14.5. The second-order valence-electron chi connectivity index (χ2n) is 6.58. The number of allylic oxidation sites excluding steroid dienone is 4. The molecule has 1 N–H and O–H groups in total. The molecule has 0 spiro atoms. The zero-order chi connectivity index (χ0) is 23.3. The largest absolute Gasteiger partial charge is 0.505 e. The summed E-state index contributed by atoms with van der Waals surface area (Å²) < 4.78 is 25.8. The third kappa shape index (κ3) is 4.70. The Bertz CT molecular complexity index is 1010. The lowest BCUT2D eigenvalue weighted by Gasteiger charge is -2.23. The predicted molar refractivity (Wildman–Crippen MR) is 127 cm³/mol. The minimum atomic E-state index is -0.393. The van der Waals surface area contributed by atoms with Gasteiger partial charge in [0.25, 0.3) is 5.91 Å². The second kappa shape index (κ2) is 10.6.